The van der Waals surface area contributed by atoms with Crippen LogP contribution in [-0.2, 0) is 9.53 Å². The van der Waals surface area contributed by atoms with E-state index < -0.39 is 22.2 Å². The monoisotopic (exact) mass is 738 g/mol. The molecule has 0 aliphatic heterocycles. The number of carbonyl (C=O) groups excluding carboxylic acids is 1. The fourth-order valence-electron chi connectivity index (χ4n) is 4.04. The predicted molar refractivity (Wildman–Crippen MR) is 186 cm³/mol. The van der Waals surface area contributed by atoms with Crippen molar-refractivity contribution in [3.63, 3.8) is 0 Å². The van der Waals surface area contributed by atoms with Gasteiger partial charge in [0.2, 0.25) is 11.8 Å². The van der Waals surface area contributed by atoms with Crippen molar-refractivity contribution in [1.82, 2.24) is 9.97 Å². The third kappa shape index (κ3) is 11.9. The first-order valence-electron chi connectivity index (χ1n) is 15.0. The molecule has 16 heteroatoms. The summed E-state index contributed by atoms with van der Waals surface area (Å²) in [6.07, 6.45) is 2.82. The maximum atomic E-state index is 14.0. The Labute approximate surface area is 298 Å². The van der Waals surface area contributed by atoms with Crippen LogP contribution in [0.25, 0.3) is 0 Å². The molecule has 0 aliphatic rings. The molecule has 2 aromatic heterocycles. The molecule has 50 heavy (non-hydrogen) atoms. The summed E-state index contributed by atoms with van der Waals surface area (Å²) in [5.74, 6) is -0.240. The third-order valence-electron chi connectivity index (χ3n) is 6.34. The van der Waals surface area contributed by atoms with Gasteiger partial charge < -0.3 is 29.4 Å². The van der Waals surface area contributed by atoms with Crippen molar-refractivity contribution in [2.75, 3.05) is 26.6 Å². The van der Waals surface area contributed by atoms with E-state index in [2.05, 4.69) is 14.7 Å². The average molecular weight is 740 g/mol. The summed E-state index contributed by atoms with van der Waals surface area (Å²) in [6, 6.07) is 7.78. The molecule has 0 atom stereocenters. The zero-order valence-electron chi connectivity index (χ0n) is 28.7. The zero-order chi connectivity index (χ0) is 37.7. The summed E-state index contributed by atoms with van der Waals surface area (Å²) >= 11 is 11.8. The lowest BCUT2D eigenvalue weighted by Crippen LogP contribution is -1.99. The lowest BCUT2D eigenvalue weighted by molar-refractivity contribution is -0.385. The van der Waals surface area contributed by atoms with Gasteiger partial charge in [0.1, 0.15) is 11.5 Å². The molecule has 4 rings (SSSR count). The number of non-ortho nitro benzene ring substituents is 1. The Morgan fingerprint density at radius 3 is 1.60 bits per heavy atom. The fourth-order valence-corrected chi connectivity index (χ4v) is 4.54. The first-order valence-corrected chi connectivity index (χ1v) is 15.7. The summed E-state index contributed by atoms with van der Waals surface area (Å²) in [4.78, 5) is 28.0. The molecule has 0 saturated heterocycles. The van der Waals surface area contributed by atoms with Crippen LogP contribution in [0.2, 0.25) is 10.0 Å². The van der Waals surface area contributed by atoms with Crippen molar-refractivity contribution < 1.29 is 42.2 Å². The SMILES string of the molecule is CCOC(C)=O.COc1ncc(Oc2c(F)cc(N)cc2Cl)cc1C(C)C.COc1ncc(Oc2c(F)cc([N+](=O)[O-])cc2Cl)cc1C(C)C. The van der Waals surface area contributed by atoms with Gasteiger partial charge in [-0.25, -0.2) is 18.7 Å². The van der Waals surface area contributed by atoms with Crippen LogP contribution >= 0.6 is 23.2 Å². The topological polar surface area (TPSA) is 158 Å². The van der Waals surface area contributed by atoms with Crippen LogP contribution in [0.1, 0.15) is 64.5 Å². The number of nitrogen functional groups attached to an aromatic ring is 1. The number of rotatable bonds is 10. The van der Waals surface area contributed by atoms with E-state index in [1.54, 1.807) is 26.2 Å². The van der Waals surface area contributed by atoms with Gasteiger partial charge in [0.15, 0.2) is 23.1 Å². The highest BCUT2D eigenvalue weighted by molar-refractivity contribution is 6.32. The van der Waals surface area contributed by atoms with Gasteiger partial charge in [0.05, 0.1) is 54.3 Å². The molecule has 0 bridgehead atoms. The summed E-state index contributed by atoms with van der Waals surface area (Å²) < 4.78 is 53.5. The van der Waals surface area contributed by atoms with Gasteiger partial charge in [-0.3, -0.25) is 14.9 Å². The molecule has 0 fully saturated rings. The molecule has 0 spiro atoms. The number of nitro benzene ring substituents is 1. The van der Waals surface area contributed by atoms with Gasteiger partial charge in [-0.1, -0.05) is 50.9 Å². The van der Waals surface area contributed by atoms with Crippen LogP contribution in [0.5, 0.6) is 34.8 Å². The van der Waals surface area contributed by atoms with Crippen LogP contribution in [0.4, 0.5) is 20.2 Å². The van der Waals surface area contributed by atoms with Crippen molar-refractivity contribution in [1.29, 1.82) is 0 Å². The minimum atomic E-state index is -0.925. The Morgan fingerprint density at radius 2 is 1.28 bits per heavy atom. The Balaban J connectivity index is 0.000000299. The molecule has 0 radical (unpaired) electrons. The van der Waals surface area contributed by atoms with Crippen LogP contribution in [-0.4, -0.2) is 41.7 Å². The standard InChI is InChI=1S/C15H14ClFN2O4.C15H16ClFN2O2.C4H8O2/c1-8(2)11-6-10(7-18-15(11)22-3)23-14-12(16)4-9(19(20)21)5-13(14)17;1-8(2)11-6-10(7-19-15(11)20-3)21-14-12(16)4-9(18)5-13(14)17;1-3-6-4(2)5/h4-8H,1-3H3;4-8H,18H2,1-3H3;3H2,1-2H3. The number of anilines is 1. The summed E-state index contributed by atoms with van der Waals surface area (Å²) in [5, 5.41) is 10.6. The largest absolute Gasteiger partial charge is 0.481 e. The number of hydrogen-bond acceptors (Lipinski definition) is 11. The van der Waals surface area contributed by atoms with Gasteiger partial charge >= 0.3 is 5.97 Å². The molecule has 0 amide bonds. The van der Waals surface area contributed by atoms with Crippen molar-refractivity contribution in [2.24, 2.45) is 0 Å². The number of aromatic nitrogens is 2. The first kappa shape index (κ1) is 41.2. The molecule has 0 saturated carbocycles. The van der Waals surface area contributed by atoms with Crippen LogP contribution in [0.3, 0.4) is 0 Å². The van der Waals surface area contributed by atoms with Gasteiger partial charge in [-0.05, 0) is 37.0 Å². The van der Waals surface area contributed by atoms with Crippen LogP contribution in [0.15, 0.2) is 48.8 Å². The Bertz CT molecular complexity index is 1750. The van der Waals surface area contributed by atoms with E-state index in [9.17, 15) is 23.7 Å². The average Bonchev–Trinajstić information content (AvgIpc) is 3.04. The second kappa shape index (κ2) is 19.3. The zero-order valence-corrected chi connectivity index (χ0v) is 30.2. The van der Waals surface area contributed by atoms with Gasteiger partial charge in [0, 0.05) is 35.9 Å². The number of halogens is 4. The molecule has 12 nitrogen and oxygen atoms in total. The lowest BCUT2D eigenvalue weighted by atomic mass is 10.1. The lowest BCUT2D eigenvalue weighted by Gasteiger charge is -2.14. The second-order valence-corrected chi connectivity index (χ2v) is 11.6. The number of pyridine rings is 2. The molecule has 0 aliphatic carbocycles. The number of esters is 1. The summed E-state index contributed by atoms with van der Waals surface area (Å²) in [5.41, 5.74) is 6.95. The summed E-state index contributed by atoms with van der Waals surface area (Å²) in [7, 11) is 3.05. The first-order chi connectivity index (χ1) is 23.5. The molecule has 4 aromatic rings. The molecule has 2 aromatic carbocycles. The van der Waals surface area contributed by atoms with Crippen molar-refractivity contribution in [2.45, 2.75) is 53.4 Å². The quantitative estimate of drug-likeness (QED) is 0.0714. The van der Waals surface area contributed by atoms with Crippen molar-refractivity contribution in [3.8, 4) is 34.8 Å². The highest BCUT2D eigenvalue weighted by Crippen LogP contribution is 2.38. The number of nitrogens with zero attached hydrogens (tertiary/aromatic N) is 3. The van der Waals surface area contributed by atoms with E-state index in [-0.39, 0.29) is 50.8 Å². The number of hydrogen-bond donors (Lipinski definition) is 1. The molecule has 0 unspecified atom stereocenters. The van der Waals surface area contributed by atoms with Crippen LogP contribution < -0.4 is 24.7 Å². The third-order valence-corrected chi connectivity index (χ3v) is 6.90. The minimum Gasteiger partial charge on any atom is -0.481 e. The number of ether oxygens (including phenoxy) is 5. The van der Waals surface area contributed by atoms with Crippen molar-refractivity contribution >= 4 is 40.5 Å². The smallest absolute Gasteiger partial charge is 0.302 e. The van der Waals surface area contributed by atoms with E-state index in [4.69, 9.17) is 47.9 Å². The Morgan fingerprint density at radius 1 is 0.840 bits per heavy atom. The molecular formula is C34H38Cl2F2N4O8. The normalized spacial score (nSPS) is 10.4. The van der Waals surface area contributed by atoms with Crippen molar-refractivity contribution in [3.05, 3.63) is 91.7 Å². The maximum Gasteiger partial charge on any atom is 0.302 e. The highest BCUT2D eigenvalue weighted by Gasteiger charge is 2.19. The maximum absolute atomic E-state index is 14.0. The van der Waals surface area contributed by atoms with Gasteiger partial charge in [-0.2, -0.15) is 0 Å². The number of nitrogens with two attached hydrogens (primary N) is 1. The fraction of sp³-hybridized carbons (Fsp3) is 0.324. The van der Waals surface area contributed by atoms with E-state index in [0.717, 1.165) is 29.3 Å². The van der Waals surface area contributed by atoms with Gasteiger partial charge in [-0.15, -0.1) is 0 Å². The van der Waals surface area contributed by atoms with E-state index in [1.807, 2.05) is 27.7 Å². The molecule has 2 N–H and O–H groups in total. The minimum absolute atomic E-state index is 0.0764. The van der Waals surface area contributed by atoms with Gasteiger partial charge in [0.25, 0.3) is 5.69 Å². The van der Waals surface area contributed by atoms with Crippen LogP contribution in [0, 0.1) is 21.7 Å². The highest BCUT2D eigenvalue weighted by atomic mass is 35.5. The number of benzene rings is 2. The van der Waals surface area contributed by atoms with E-state index in [0.29, 0.717) is 24.1 Å². The molecular weight excluding hydrogens is 701 g/mol. The summed E-state index contributed by atoms with van der Waals surface area (Å²) in [6.45, 7) is 11.5. The van der Waals surface area contributed by atoms with E-state index >= 15 is 0 Å². The molecule has 270 valence electrons. The number of methoxy groups -OCH3 is 2. The molecule has 2 heterocycles. The number of nitro groups is 1. The Hall–Kier alpha value is -4.95. The predicted octanol–water partition coefficient (Wildman–Crippen LogP) is 9.66. The van der Waals surface area contributed by atoms with E-state index in [1.165, 1.54) is 32.5 Å². The Kier molecular flexibility index (Phi) is 15.9. The number of carbonyl (C=O) groups is 1. The second-order valence-electron chi connectivity index (χ2n) is 10.8.